The van der Waals surface area contributed by atoms with Gasteiger partial charge in [-0.1, -0.05) is 0 Å². The van der Waals surface area contributed by atoms with E-state index in [0.717, 1.165) is 48.4 Å². The lowest BCUT2D eigenvalue weighted by molar-refractivity contribution is 0.0741. The van der Waals surface area contributed by atoms with Gasteiger partial charge in [-0.2, -0.15) is 5.10 Å². The molecule has 2 fully saturated rings. The quantitative estimate of drug-likeness (QED) is 0.703. The van der Waals surface area contributed by atoms with Gasteiger partial charge in [-0.3, -0.25) is 9.89 Å². The van der Waals surface area contributed by atoms with Crippen LogP contribution in [-0.2, 0) is 4.74 Å². The molecule has 0 spiro atoms. The van der Waals surface area contributed by atoms with Gasteiger partial charge in [0.05, 0.1) is 24.1 Å². The number of carbonyl (C=O) groups excluding carboxylic acids is 1. The van der Waals surface area contributed by atoms with Crippen LogP contribution in [-0.4, -0.2) is 76.5 Å². The van der Waals surface area contributed by atoms with E-state index in [1.165, 1.54) is 6.33 Å². The van der Waals surface area contributed by atoms with E-state index in [4.69, 9.17) is 9.47 Å². The second kappa shape index (κ2) is 7.91. The van der Waals surface area contributed by atoms with Crippen molar-refractivity contribution in [3.05, 3.63) is 42.0 Å². The molecule has 1 amide bonds. The van der Waals surface area contributed by atoms with Crippen molar-refractivity contribution >= 4 is 22.5 Å². The van der Waals surface area contributed by atoms with Gasteiger partial charge in [0.1, 0.15) is 18.1 Å². The van der Waals surface area contributed by atoms with E-state index >= 15 is 0 Å². The SMILES string of the molecule is Cc1cc(C(=O)N2CCN(c3ccc4ncnc(OC5CCOC5)c4c3)CC2)n[nH]1. The molecular formula is C21H24N6O3. The van der Waals surface area contributed by atoms with Gasteiger partial charge in [-0.25, -0.2) is 9.97 Å². The Morgan fingerprint density at radius 2 is 2.07 bits per heavy atom. The number of nitrogens with one attached hydrogen (secondary N) is 1. The first kappa shape index (κ1) is 18.8. The van der Waals surface area contributed by atoms with E-state index < -0.39 is 0 Å². The Morgan fingerprint density at radius 1 is 1.20 bits per heavy atom. The third-order valence-electron chi connectivity index (χ3n) is 5.61. The molecule has 4 heterocycles. The van der Waals surface area contributed by atoms with Crippen molar-refractivity contribution in [1.82, 2.24) is 25.1 Å². The summed E-state index contributed by atoms with van der Waals surface area (Å²) >= 11 is 0. The number of rotatable bonds is 4. The number of carbonyl (C=O) groups is 1. The van der Waals surface area contributed by atoms with Gasteiger partial charge in [0, 0.05) is 44.0 Å². The molecule has 1 unspecified atom stereocenters. The molecule has 0 bridgehead atoms. The number of ether oxygens (including phenoxy) is 2. The predicted molar refractivity (Wildman–Crippen MR) is 111 cm³/mol. The van der Waals surface area contributed by atoms with Gasteiger partial charge in [0.15, 0.2) is 0 Å². The van der Waals surface area contributed by atoms with Crippen molar-refractivity contribution in [2.45, 2.75) is 19.4 Å². The van der Waals surface area contributed by atoms with Crippen molar-refractivity contribution in [3.63, 3.8) is 0 Å². The Kier molecular flexibility index (Phi) is 4.96. The zero-order valence-electron chi connectivity index (χ0n) is 16.9. The minimum absolute atomic E-state index is 0.0274. The van der Waals surface area contributed by atoms with E-state index in [9.17, 15) is 4.79 Å². The number of fused-ring (bicyclic) bond motifs is 1. The Hall–Kier alpha value is -3.20. The lowest BCUT2D eigenvalue weighted by atomic mass is 10.1. The number of H-pyrrole nitrogens is 1. The second-order valence-corrected chi connectivity index (χ2v) is 7.70. The van der Waals surface area contributed by atoms with Crippen LogP contribution < -0.4 is 9.64 Å². The molecule has 5 rings (SSSR count). The highest BCUT2D eigenvalue weighted by Crippen LogP contribution is 2.29. The van der Waals surface area contributed by atoms with Gasteiger partial charge in [0.2, 0.25) is 5.88 Å². The van der Waals surface area contributed by atoms with E-state index in [2.05, 4.69) is 37.2 Å². The molecule has 2 saturated heterocycles. The average Bonchev–Trinajstić information content (AvgIpc) is 3.45. The van der Waals surface area contributed by atoms with Crippen LogP contribution in [0, 0.1) is 6.92 Å². The van der Waals surface area contributed by atoms with Crippen molar-refractivity contribution in [2.75, 3.05) is 44.3 Å². The summed E-state index contributed by atoms with van der Waals surface area (Å²) in [6, 6.07) is 7.92. The summed E-state index contributed by atoms with van der Waals surface area (Å²) in [6.45, 7) is 6.01. The summed E-state index contributed by atoms with van der Waals surface area (Å²) in [6.07, 6.45) is 2.44. The molecule has 0 saturated carbocycles. The number of aromatic amines is 1. The maximum Gasteiger partial charge on any atom is 0.274 e. The Balaban J connectivity index is 1.31. The number of benzene rings is 1. The summed E-state index contributed by atoms with van der Waals surface area (Å²) in [5, 5.41) is 7.81. The van der Waals surface area contributed by atoms with Gasteiger partial charge < -0.3 is 19.3 Å². The minimum atomic E-state index is -0.0274. The molecule has 2 aromatic heterocycles. The molecule has 156 valence electrons. The zero-order chi connectivity index (χ0) is 20.5. The summed E-state index contributed by atoms with van der Waals surface area (Å²) < 4.78 is 11.5. The maximum absolute atomic E-state index is 12.6. The molecule has 0 radical (unpaired) electrons. The van der Waals surface area contributed by atoms with Crippen LogP contribution in [0.5, 0.6) is 5.88 Å². The minimum Gasteiger partial charge on any atom is -0.471 e. The number of nitrogens with zero attached hydrogens (tertiary/aromatic N) is 5. The number of aromatic nitrogens is 4. The fourth-order valence-corrected chi connectivity index (χ4v) is 3.93. The zero-order valence-corrected chi connectivity index (χ0v) is 16.9. The average molecular weight is 408 g/mol. The molecule has 30 heavy (non-hydrogen) atoms. The number of hydrogen-bond acceptors (Lipinski definition) is 7. The second-order valence-electron chi connectivity index (χ2n) is 7.70. The molecule has 1 atom stereocenters. The molecule has 1 N–H and O–H groups in total. The van der Waals surface area contributed by atoms with E-state index in [-0.39, 0.29) is 12.0 Å². The number of amides is 1. The molecule has 2 aliphatic heterocycles. The molecule has 0 aliphatic carbocycles. The van der Waals surface area contributed by atoms with E-state index in [1.807, 2.05) is 17.9 Å². The number of aryl methyl sites for hydroxylation is 1. The van der Waals surface area contributed by atoms with Crippen LogP contribution in [0.4, 0.5) is 5.69 Å². The highest BCUT2D eigenvalue weighted by atomic mass is 16.5. The largest absolute Gasteiger partial charge is 0.471 e. The fourth-order valence-electron chi connectivity index (χ4n) is 3.93. The molecule has 2 aliphatic rings. The first-order valence-corrected chi connectivity index (χ1v) is 10.2. The van der Waals surface area contributed by atoms with Crippen LogP contribution >= 0.6 is 0 Å². The van der Waals surface area contributed by atoms with Crippen LogP contribution in [0.25, 0.3) is 10.9 Å². The summed E-state index contributed by atoms with van der Waals surface area (Å²) in [4.78, 5) is 25.5. The highest BCUT2D eigenvalue weighted by molar-refractivity contribution is 5.92. The molecule has 9 nitrogen and oxygen atoms in total. The Morgan fingerprint density at radius 3 is 2.80 bits per heavy atom. The lowest BCUT2D eigenvalue weighted by Crippen LogP contribution is -2.48. The number of hydrogen-bond donors (Lipinski definition) is 1. The molecular weight excluding hydrogens is 384 g/mol. The van der Waals surface area contributed by atoms with Crippen LogP contribution in [0.2, 0.25) is 0 Å². The summed E-state index contributed by atoms with van der Waals surface area (Å²) in [5.41, 5.74) is 3.29. The third kappa shape index (κ3) is 3.68. The van der Waals surface area contributed by atoms with E-state index in [0.29, 0.717) is 31.3 Å². The number of piperazine rings is 1. The lowest BCUT2D eigenvalue weighted by Gasteiger charge is -2.36. The smallest absolute Gasteiger partial charge is 0.274 e. The van der Waals surface area contributed by atoms with Crippen LogP contribution in [0.1, 0.15) is 22.6 Å². The monoisotopic (exact) mass is 408 g/mol. The van der Waals surface area contributed by atoms with Crippen LogP contribution in [0.3, 0.4) is 0 Å². The molecule has 3 aromatic rings. The summed E-state index contributed by atoms with van der Waals surface area (Å²) in [7, 11) is 0. The van der Waals surface area contributed by atoms with Crippen molar-refractivity contribution < 1.29 is 14.3 Å². The predicted octanol–water partition coefficient (Wildman–Crippen LogP) is 1.79. The van der Waals surface area contributed by atoms with Crippen molar-refractivity contribution in [2.24, 2.45) is 0 Å². The van der Waals surface area contributed by atoms with Gasteiger partial charge >= 0.3 is 0 Å². The fraction of sp³-hybridized carbons (Fsp3) is 0.429. The van der Waals surface area contributed by atoms with Crippen molar-refractivity contribution in [3.8, 4) is 5.88 Å². The van der Waals surface area contributed by atoms with Gasteiger partial charge in [0.25, 0.3) is 5.91 Å². The van der Waals surface area contributed by atoms with E-state index in [1.54, 1.807) is 6.07 Å². The van der Waals surface area contributed by atoms with Crippen molar-refractivity contribution in [1.29, 1.82) is 0 Å². The normalized spacial score (nSPS) is 19.4. The first-order chi connectivity index (χ1) is 14.7. The third-order valence-corrected chi connectivity index (χ3v) is 5.61. The molecule has 9 heteroatoms. The van der Waals surface area contributed by atoms with Gasteiger partial charge in [-0.15, -0.1) is 0 Å². The molecule has 1 aromatic carbocycles. The standard InChI is InChI=1S/C21H24N6O3/c1-14-10-19(25-24-14)21(28)27-7-5-26(6-8-27)15-2-3-18-17(11-15)20(23-13-22-18)30-16-4-9-29-12-16/h2-3,10-11,13,16H,4-9,12H2,1H3,(H,24,25). The first-order valence-electron chi connectivity index (χ1n) is 10.2. The Bertz CT molecular complexity index is 1050. The maximum atomic E-state index is 12.6. The summed E-state index contributed by atoms with van der Waals surface area (Å²) in [5.74, 6) is 0.570. The Labute approximate surface area is 174 Å². The van der Waals surface area contributed by atoms with Crippen LogP contribution in [0.15, 0.2) is 30.6 Å². The topological polar surface area (TPSA) is 96.5 Å². The van der Waals surface area contributed by atoms with Gasteiger partial charge in [-0.05, 0) is 31.2 Å². The highest BCUT2D eigenvalue weighted by Gasteiger charge is 2.24. The number of anilines is 1.